The number of rotatable bonds is 6. The van der Waals surface area contributed by atoms with Crippen molar-refractivity contribution in [1.29, 1.82) is 0 Å². The molecule has 1 unspecified atom stereocenters. The van der Waals surface area contributed by atoms with Gasteiger partial charge in [-0.15, -0.1) is 0 Å². The molecule has 0 radical (unpaired) electrons. The van der Waals surface area contributed by atoms with Crippen LogP contribution in [0, 0.1) is 5.92 Å². The van der Waals surface area contributed by atoms with Crippen molar-refractivity contribution in [2.45, 2.75) is 33.0 Å². The van der Waals surface area contributed by atoms with Crippen LogP contribution in [-0.2, 0) is 11.3 Å². The molecule has 21 heavy (non-hydrogen) atoms. The average Bonchev–Trinajstić information content (AvgIpc) is 2.45. The SMILES string of the molecule is CC(C)CC(NC(=O)NN)NC(=O)OCc1ccccc1. The first-order chi connectivity index (χ1) is 10.0. The van der Waals surface area contributed by atoms with Crippen molar-refractivity contribution in [3.63, 3.8) is 0 Å². The second-order valence-electron chi connectivity index (χ2n) is 5.01. The Kier molecular flexibility index (Phi) is 7.03. The quantitative estimate of drug-likeness (QED) is 0.276. The Morgan fingerprint density at radius 2 is 1.86 bits per heavy atom. The Labute approximate surface area is 124 Å². The molecule has 116 valence electrons. The summed E-state index contributed by atoms with van der Waals surface area (Å²) in [4.78, 5) is 23.0. The summed E-state index contributed by atoms with van der Waals surface area (Å²) in [6.07, 6.45) is -0.577. The Balaban J connectivity index is 2.45. The first-order valence-corrected chi connectivity index (χ1v) is 6.75. The van der Waals surface area contributed by atoms with Crippen molar-refractivity contribution in [1.82, 2.24) is 16.1 Å². The van der Waals surface area contributed by atoms with E-state index in [0.717, 1.165) is 5.56 Å². The number of carbonyl (C=O) groups is 2. The first kappa shape index (κ1) is 16.8. The smallest absolute Gasteiger partial charge is 0.409 e. The largest absolute Gasteiger partial charge is 0.445 e. The fourth-order valence-electron chi connectivity index (χ4n) is 1.73. The minimum Gasteiger partial charge on any atom is -0.445 e. The van der Waals surface area contributed by atoms with Crippen LogP contribution in [0.15, 0.2) is 30.3 Å². The molecule has 1 aromatic rings. The maximum atomic E-state index is 11.7. The van der Waals surface area contributed by atoms with Gasteiger partial charge in [-0.3, -0.25) is 5.43 Å². The fraction of sp³-hybridized carbons (Fsp3) is 0.429. The molecular formula is C14H22N4O3. The molecule has 0 spiro atoms. The third-order valence-corrected chi connectivity index (χ3v) is 2.65. The summed E-state index contributed by atoms with van der Waals surface area (Å²) in [6.45, 7) is 4.13. The standard InChI is InChI=1S/C14H22N4O3/c1-10(2)8-12(16-13(19)18-15)17-14(20)21-9-11-6-4-3-5-7-11/h3-7,10,12H,8-9,15H2,1-2H3,(H,17,20)(H2,16,18,19). The minimum absolute atomic E-state index is 0.171. The molecule has 1 rings (SSSR count). The second-order valence-corrected chi connectivity index (χ2v) is 5.01. The normalized spacial score (nSPS) is 11.6. The van der Waals surface area contributed by atoms with Gasteiger partial charge >= 0.3 is 12.1 Å². The number of amides is 3. The van der Waals surface area contributed by atoms with Crippen molar-refractivity contribution in [2.24, 2.45) is 11.8 Å². The lowest BCUT2D eigenvalue weighted by atomic mass is 10.1. The third-order valence-electron chi connectivity index (χ3n) is 2.65. The average molecular weight is 294 g/mol. The molecule has 5 N–H and O–H groups in total. The number of hydrogen-bond donors (Lipinski definition) is 4. The van der Waals surface area contributed by atoms with Crippen LogP contribution in [0.25, 0.3) is 0 Å². The van der Waals surface area contributed by atoms with E-state index in [1.165, 1.54) is 0 Å². The van der Waals surface area contributed by atoms with Crippen LogP contribution < -0.4 is 21.9 Å². The van der Waals surface area contributed by atoms with E-state index in [1.807, 2.05) is 49.6 Å². The highest BCUT2D eigenvalue weighted by Crippen LogP contribution is 2.04. The van der Waals surface area contributed by atoms with Gasteiger partial charge in [0.05, 0.1) is 0 Å². The molecule has 0 aliphatic rings. The van der Waals surface area contributed by atoms with Gasteiger partial charge in [0.15, 0.2) is 0 Å². The predicted octanol–water partition coefficient (Wildman–Crippen LogP) is 1.46. The number of nitrogens with two attached hydrogens (primary N) is 1. The first-order valence-electron chi connectivity index (χ1n) is 6.75. The van der Waals surface area contributed by atoms with Crippen molar-refractivity contribution in [3.8, 4) is 0 Å². The van der Waals surface area contributed by atoms with E-state index in [4.69, 9.17) is 10.6 Å². The zero-order chi connectivity index (χ0) is 15.7. The number of hydrogen-bond acceptors (Lipinski definition) is 4. The van der Waals surface area contributed by atoms with Crippen LogP contribution in [0.4, 0.5) is 9.59 Å². The molecule has 0 saturated heterocycles. The predicted molar refractivity (Wildman–Crippen MR) is 78.9 cm³/mol. The number of alkyl carbamates (subject to hydrolysis) is 1. The number of benzene rings is 1. The molecule has 0 heterocycles. The molecule has 0 saturated carbocycles. The van der Waals surface area contributed by atoms with Crippen LogP contribution in [0.3, 0.4) is 0 Å². The minimum atomic E-state index is -0.596. The van der Waals surface area contributed by atoms with Gasteiger partial charge in [0.1, 0.15) is 12.8 Å². The summed E-state index contributed by atoms with van der Waals surface area (Å²) in [6, 6.07) is 8.77. The van der Waals surface area contributed by atoms with E-state index in [9.17, 15) is 9.59 Å². The van der Waals surface area contributed by atoms with Crippen molar-refractivity contribution in [3.05, 3.63) is 35.9 Å². The lowest BCUT2D eigenvalue weighted by Gasteiger charge is -2.21. The van der Waals surface area contributed by atoms with Gasteiger partial charge in [0.25, 0.3) is 0 Å². The Bertz CT molecular complexity index is 451. The zero-order valence-electron chi connectivity index (χ0n) is 12.3. The van der Waals surface area contributed by atoms with Crippen molar-refractivity contribution < 1.29 is 14.3 Å². The van der Waals surface area contributed by atoms with Gasteiger partial charge < -0.3 is 15.4 Å². The van der Waals surface area contributed by atoms with Crippen LogP contribution in [-0.4, -0.2) is 18.3 Å². The highest BCUT2D eigenvalue weighted by Gasteiger charge is 2.16. The number of nitrogens with one attached hydrogen (secondary N) is 3. The second kappa shape index (κ2) is 8.80. The van der Waals surface area contributed by atoms with E-state index in [1.54, 1.807) is 0 Å². The molecule has 0 fully saturated rings. The summed E-state index contributed by atoms with van der Waals surface area (Å²) in [5, 5.41) is 5.14. The molecule has 1 aromatic carbocycles. The number of ether oxygens (including phenoxy) is 1. The van der Waals surface area contributed by atoms with Crippen LogP contribution in [0.2, 0.25) is 0 Å². The van der Waals surface area contributed by atoms with Crippen LogP contribution in [0.1, 0.15) is 25.8 Å². The molecule has 7 nitrogen and oxygen atoms in total. The highest BCUT2D eigenvalue weighted by atomic mass is 16.5. The van der Waals surface area contributed by atoms with Gasteiger partial charge in [-0.25, -0.2) is 15.4 Å². The lowest BCUT2D eigenvalue weighted by Crippen LogP contribution is -2.53. The van der Waals surface area contributed by atoms with Gasteiger partial charge in [-0.05, 0) is 17.9 Å². The van der Waals surface area contributed by atoms with Crippen LogP contribution >= 0.6 is 0 Å². The lowest BCUT2D eigenvalue weighted by molar-refractivity contribution is 0.132. The van der Waals surface area contributed by atoms with Gasteiger partial charge in [-0.2, -0.15) is 0 Å². The highest BCUT2D eigenvalue weighted by molar-refractivity contribution is 5.74. The molecular weight excluding hydrogens is 272 g/mol. The summed E-state index contributed by atoms with van der Waals surface area (Å²) in [5.41, 5.74) is 2.85. The molecule has 0 aliphatic heterocycles. The topological polar surface area (TPSA) is 105 Å². The summed E-state index contributed by atoms with van der Waals surface area (Å²) < 4.78 is 5.10. The van der Waals surface area contributed by atoms with Crippen molar-refractivity contribution >= 4 is 12.1 Å². The Hall–Kier alpha value is -2.28. The maximum Gasteiger partial charge on any atom is 0.409 e. The molecule has 0 aliphatic carbocycles. The number of urea groups is 1. The molecule has 1 atom stereocenters. The summed E-state index contributed by atoms with van der Waals surface area (Å²) >= 11 is 0. The number of carbonyl (C=O) groups excluding carboxylic acids is 2. The molecule has 0 bridgehead atoms. The van der Waals surface area contributed by atoms with Crippen LogP contribution in [0.5, 0.6) is 0 Å². The molecule has 0 aromatic heterocycles. The van der Waals surface area contributed by atoms with E-state index in [-0.39, 0.29) is 12.5 Å². The fourth-order valence-corrected chi connectivity index (χ4v) is 1.73. The van der Waals surface area contributed by atoms with E-state index in [0.29, 0.717) is 6.42 Å². The van der Waals surface area contributed by atoms with Gasteiger partial charge in [-0.1, -0.05) is 44.2 Å². The van der Waals surface area contributed by atoms with Crippen molar-refractivity contribution in [2.75, 3.05) is 0 Å². The van der Waals surface area contributed by atoms with Gasteiger partial charge in [0, 0.05) is 0 Å². The maximum absolute atomic E-state index is 11.7. The molecule has 3 amide bonds. The van der Waals surface area contributed by atoms with E-state index < -0.39 is 18.3 Å². The summed E-state index contributed by atoms with van der Waals surface area (Å²) in [7, 11) is 0. The van der Waals surface area contributed by atoms with E-state index in [2.05, 4.69) is 10.6 Å². The summed E-state index contributed by atoms with van der Waals surface area (Å²) in [5.74, 6) is 5.29. The molecule has 7 heteroatoms. The monoisotopic (exact) mass is 294 g/mol. The Morgan fingerprint density at radius 3 is 2.43 bits per heavy atom. The zero-order valence-corrected chi connectivity index (χ0v) is 12.3. The number of hydrazine groups is 1. The Morgan fingerprint density at radius 1 is 1.19 bits per heavy atom. The van der Waals surface area contributed by atoms with Gasteiger partial charge in [0.2, 0.25) is 0 Å². The third kappa shape index (κ3) is 7.17. The van der Waals surface area contributed by atoms with E-state index >= 15 is 0 Å².